The van der Waals surface area contributed by atoms with Crippen molar-refractivity contribution in [3.05, 3.63) is 60.4 Å². The topological polar surface area (TPSA) is 62.3 Å². The molecule has 1 N–H and O–H groups in total. The Hall–Kier alpha value is -1.76. The maximum atomic E-state index is 12.8. The first-order valence-corrected chi connectivity index (χ1v) is 10.3. The maximum Gasteiger partial charge on any atom is 0.240 e. The van der Waals surface area contributed by atoms with E-state index in [1.165, 1.54) is 0 Å². The van der Waals surface area contributed by atoms with Gasteiger partial charge in [0.25, 0.3) is 0 Å². The summed E-state index contributed by atoms with van der Waals surface area (Å²) in [6.07, 6.45) is 6.60. The molecule has 5 nitrogen and oxygen atoms in total. The Morgan fingerprint density at radius 2 is 1.84 bits per heavy atom. The largest absolute Gasteiger partial charge is 0.298 e. The van der Waals surface area contributed by atoms with Gasteiger partial charge in [-0.1, -0.05) is 24.3 Å². The molecule has 3 aliphatic rings. The SMILES string of the molecule is O=S(=O)(N[C@@H]1C2CCN(CC2)[C@@H]1Cc1cccnc1)c1ccccc1. The minimum absolute atomic E-state index is 0.0482. The molecule has 3 aliphatic heterocycles. The van der Waals surface area contributed by atoms with E-state index in [1.807, 2.05) is 18.3 Å². The van der Waals surface area contributed by atoms with E-state index in [1.54, 1.807) is 30.5 Å². The van der Waals surface area contributed by atoms with Crippen molar-refractivity contribution in [2.45, 2.75) is 36.2 Å². The highest BCUT2D eigenvalue weighted by Gasteiger charge is 2.43. The number of hydrogen-bond donors (Lipinski definition) is 1. The van der Waals surface area contributed by atoms with Crippen molar-refractivity contribution in [1.82, 2.24) is 14.6 Å². The fourth-order valence-corrected chi connectivity index (χ4v) is 5.55. The zero-order valence-corrected chi connectivity index (χ0v) is 14.9. The summed E-state index contributed by atoms with van der Waals surface area (Å²) in [5, 5.41) is 0. The predicted octanol–water partition coefficient (Wildman–Crippen LogP) is 2.07. The third-order valence-corrected chi connectivity index (χ3v) is 6.95. The Morgan fingerprint density at radius 1 is 1.08 bits per heavy atom. The number of hydrogen-bond acceptors (Lipinski definition) is 4. The molecule has 0 amide bonds. The summed E-state index contributed by atoms with van der Waals surface area (Å²) in [5.41, 5.74) is 1.16. The Morgan fingerprint density at radius 3 is 2.52 bits per heavy atom. The lowest BCUT2D eigenvalue weighted by Crippen LogP contribution is -2.64. The van der Waals surface area contributed by atoms with Crippen LogP contribution in [-0.4, -0.2) is 43.5 Å². The van der Waals surface area contributed by atoms with E-state index in [-0.39, 0.29) is 12.1 Å². The van der Waals surface area contributed by atoms with Crippen molar-refractivity contribution in [3.63, 3.8) is 0 Å². The molecule has 0 unspecified atom stereocenters. The number of rotatable bonds is 5. The van der Waals surface area contributed by atoms with Crippen molar-refractivity contribution in [2.75, 3.05) is 13.1 Å². The van der Waals surface area contributed by atoms with Crippen LogP contribution in [0.3, 0.4) is 0 Å². The van der Waals surface area contributed by atoms with E-state index >= 15 is 0 Å². The smallest absolute Gasteiger partial charge is 0.240 e. The van der Waals surface area contributed by atoms with Crippen LogP contribution in [0.2, 0.25) is 0 Å². The molecule has 4 heterocycles. The lowest BCUT2D eigenvalue weighted by Gasteiger charge is -2.51. The average Bonchev–Trinajstić information content (AvgIpc) is 2.66. The van der Waals surface area contributed by atoms with Gasteiger partial charge in [-0.2, -0.15) is 0 Å². The first kappa shape index (κ1) is 16.7. The van der Waals surface area contributed by atoms with Gasteiger partial charge in [0.2, 0.25) is 10.0 Å². The maximum absolute atomic E-state index is 12.8. The molecular formula is C19H23N3O2S. The summed E-state index contributed by atoms with van der Waals surface area (Å²) in [4.78, 5) is 6.98. The lowest BCUT2D eigenvalue weighted by molar-refractivity contribution is 0.0222. The molecule has 3 fully saturated rings. The van der Waals surface area contributed by atoms with Crippen LogP contribution in [0.1, 0.15) is 18.4 Å². The summed E-state index contributed by atoms with van der Waals surface area (Å²) >= 11 is 0. The number of nitrogens with one attached hydrogen (secondary N) is 1. The first-order valence-electron chi connectivity index (χ1n) is 8.84. The predicted molar refractivity (Wildman–Crippen MR) is 96.6 cm³/mol. The number of pyridine rings is 1. The van der Waals surface area contributed by atoms with E-state index in [2.05, 4.69) is 20.7 Å². The number of aromatic nitrogens is 1. The van der Waals surface area contributed by atoms with E-state index in [0.717, 1.165) is 37.9 Å². The molecule has 132 valence electrons. The van der Waals surface area contributed by atoms with Crippen LogP contribution in [0.15, 0.2) is 59.8 Å². The minimum atomic E-state index is -3.50. The molecule has 1 aromatic heterocycles. The van der Waals surface area contributed by atoms with Gasteiger partial charge in [-0.3, -0.25) is 9.88 Å². The Balaban J connectivity index is 1.59. The fourth-order valence-electron chi connectivity index (χ4n) is 4.19. The Bertz CT molecular complexity index is 803. The molecule has 2 atom stereocenters. The molecule has 25 heavy (non-hydrogen) atoms. The molecule has 0 saturated carbocycles. The van der Waals surface area contributed by atoms with Gasteiger partial charge in [-0.15, -0.1) is 0 Å². The van der Waals surface area contributed by atoms with Crippen LogP contribution in [0.4, 0.5) is 0 Å². The third-order valence-electron chi connectivity index (χ3n) is 5.48. The summed E-state index contributed by atoms with van der Waals surface area (Å²) < 4.78 is 28.7. The minimum Gasteiger partial charge on any atom is -0.298 e. The van der Waals surface area contributed by atoms with Gasteiger partial charge >= 0.3 is 0 Å². The number of fused-ring (bicyclic) bond motifs is 3. The first-order chi connectivity index (χ1) is 12.1. The van der Waals surface area contributed by atoms with E-state index in [9.17, 15) is 8.42 Å². The van der Waals surface area contributed by atoms with Gasteiger partial charge in [-0.25, -0.2) is 13.1 Å². The number of nitrogens with zero attached hydrogens (tertiary/aromatic N) is 2. The Kier molecular flexibility index (Phi) is 4.58. The average molecular weight is 357 g/mol. The zero-order chi connectivity index (χ0) is 17.3. The molecular weight excluding hydrogens is 334 g/mol. The van der Waals surface area contributed by atoms with Gasteiger partial charge in [0, 0.05) is 24.5 Å². The molecule has 2 bridgehead atoms. The summed E-state index contributed by atoms with van der Waals surface area (Å²) in [6.45, 7) is 2.11. The molecule has 3 saturated heterocycles. The van der Waals surface area contributed by atoms with Gasteiger partial charge in [-0.05, 0) is 62.0 Å². The molecule has 1 aromatic carbocycles. The van der Waals surface area contributed by atoms with Gasteiger partial charge in [0.1, 0.15) is 0 Å². The molecule has 0 spiro atoms. The third kappa shape index (κ3) is 3.47. The lowest BCUT2D eigenvalue weighted by atomic mass is 9.77. The van der Waals surface area contributed by atoms with Crippen molar-refractivity contribution in [2.24, 2.45) is 5.92 Å². The van der Waals surface area contributed by atoms with Gasteiger partial charge in [0.05, 0.1) is 4.90 Å². The fraction of sp³-hybridized carbons (Fsp3) is 0.421. The number of piperidine rings is 3. The monoisotopic (exact) mass is 357 g/mol. The van der Waals surface area contributed by atoms with Gasteiger partial charge in [0.15, 0.2) is 0 Å². The molecule has 5 rings (SSSR count). The van der Waals surface area contributed by atoms with Crippen molar-refractivity contribution in [1.29, 1.82) is 0 Å². The van der Waals surface area contributed by atoms with Crippen LogP contribution in [0.5, 0.6) is 0 Å². The number of sulfonamides is 1. The zero-order valence-electron chi connectivity index (χ0n) is 14.1. The highest BCUT2D eigenvalue weighted by atomic mass is 32.2. The van der Waals surface area contributed by atoms with Crippen molar-refractivity contribution >= 4 is 10.0 Å². The van der Waals surface area contributed by atoms with Gasteiger partial charge < -0.3 is 0 Å². The standard InChI is InChI=1S/C19H23N3O2S/c23-25(24,17-6-2-1-3-7-17)21-19-16-8-11-22(12-9-16)18(19)13-15-5-4-10-20-14-15/h1-7,10,14,16,18-19,21H,8-9,11-13H2/t18-,19-/m1/s1. The highest BCUT2D eigenvalue weighted by molar-refractivity contribution is 7.89. The van der Waals surface area contributed by atoms with Crippen LogP contribution in [-0.2, 0) is 16.4 Å². The quantitative estimate of drug-likeness (QED) is 0.890. The molecule has 0 aliphatic carbocycles. The molecule has 2 aromatic rings. The van der Waals surface area contributed by atoms with Crippen LogP contribution < -0.4 is 4.72 Å². The summed E-state index contributed by atoms with van der Waals surface area (Å²) in [5.74, 6) is 0.408. The van der Waals surface area contributed by atoms with E-state index in [0.29, 0.717) is 10.8 Å². The second kappa shape index (κ2) is 6.86. The van der Waals surface area contributed by atoms with Crippen molar-refractivity contribution < 1.29 is 8.42 Å². The van der Waals surface area contributed by atoms with Crippen LogP contribution in [0.25, 0.3) is 0 Å². The normalized spacial score (nSPS) is 28.8. The number of benzene rings is 1. The van der Waals surface area contributed by atoms with Crippen LogP contribution >= 0.6 is 0 Å². The van der Waals surface area contributed by atoms with E-state index < -0.39 is 10.0 Å². The Labute approximate surface area is 149 Å². The summed E-state index contributed by atoms with van der Waals surface area (Å²) in [7, 11) is -3.50. The second-order valence-corrected chi connectivity index (χ2v) is 8.68. The molecule has 6 heteroatoms. The highest BCUT2D eigenvalue weighted by Crippen LogP contribution is 2.34. The summed E-state index contributed by atoms with van der Waals surface area (Å²) in [6, 6.07) is 12.8. The van der Waals surface area contributed by atoms with Crippen molar-refractivity contribution in [3.8, 4) is 0 Å². The second-order valence-electron chi connectivity index (χ2n) is 6.97. The molecule has 0 radical (unpaired) electrons. The van der Waals surface area contributed by atoms with E-state index in [4.69, 9.17) is 0 Å². The van der Waals surface area contributed by atoms with Crippen LogP contribution in [0, 0.1) is 5.92 Å².